The lowest BCUT2D eigenvalue weighted by Crippen LogP contribution is -2.47. The normalized spacial score (nSPS) is 14.8. The molecule has 1 aromatic rings. The van der Waals surface area contributed by atoms with Crippen LogP contribution < -0.4 is 15.0 Å². The SMILES string of the molecule is C=CC(C)NC(=O)N1CCOc2c(C(=O)O)cccc21. The van der Waals surface area contributed by atoms with E-state index in [1.807, 2.05) is 0 Å². The van der Waals surface area contributed by atoms with E-state index in [-0.39, 0.29) is 30.0 Å². The molecule has 2 rings (SSSR count). The summed E-state index contributed by atoms with van der Waals surface area (Å²) in [5.41, 5.74) is 0.515. The lowest BCUT2D eigenvalue weighted by molar-refractivity contribution is 0.0692. The van der Waals surface area contributed by atoms with E-state index in [4.69, 9.17) is 9.84 Å². The molecule has 0 fully saturated rings. The number of nitrogens with one attached hydrogen (secondary N) is 1. The van der Waals surface area contributed by atoms with Crippen molar-refractivity contribution in [1.29, 1.82) is 0 Å². The Balaban J connectivity index is 2.33. The molecule has 0 spiro atoms. The number of carboxylic acid groups (broad SMARTS) is 1. The fraction of sp³-hybridized carbons (Fsp3) is 0.286. The van der Waals surface area contributed by atoms with Crippen LogP contribution in [0.4, 0.5) is 10.5 Å². The van der Waals surface area contributed by atoms with Crippen molar-refractivity contribution in [2.45, 2.75) is 13.0 Å². The highest BCUT2D eigenvalue weighted by Gasteiger charge is 2.27. The number of hydrogen-bond donors (Lipinski definition) is 2. The zero-order chi connectivity index (χ0) is 14.7. The second kappa shape index (κ2) is 5.64. The predicted octanol–water partition coefficient (Wildman–Crippen LogP) is 1.87. The van der Waals surface area contributed by atoms with Gasteiger partial charge in [0.05, 0.1) is 12.2 Å². The Morgan fingerprint density at radius 3 is 2.95 bits per heavy atom. The van der Waals surface area contributed by atoms with Gasteiger partial charge in [0, 0.05) is 6.04 Å². The van der Waals surface area contributed by atoms with Crippen LogP contribution in [0, 0.1) is 0 Å². The molecule has 1 aliphatic heterocycles. The molecule has 0 radical (unpaired) electrons. The summed E-state index contributed by atoms with van der Waals surface area (Å²) in [6, 6.07) is 4.24. The Morgan fingerprint density at radius 1 is 1.55 bits per heavy atom. The Hall–Kier alpha value is -2.50. The average Bonchev–Trinajstić information content (AvgIpc) is 2.45. The molecule has 0 saturated heterocycles. The maximum Gasteiger partial charge on any atom is 0.339 e. The minimum absolute atomic E-state index is 0.0526. The Bertz CT molecular complexity index is 556. The summed E-state index contributed by atoms with van der Waals surface area (Å²) in [7, 11) is 0. The zero-order valence-electron chi connectivity index (χ0n) is 11.1. The molecule has 2 amide bonds. The smallest absolute Gasteiger partial charge is 0.339 e. The Morgan fingerprint density at radius 2 is 2.30 bits per heavy atom. The molecule has 1 atom stereocenters. The van der Waals surface area contributed by atoms with Gasteiger partial charge in [-0.15, -0.1) is 6.58 Å². The summed E-state index contributed by atoms with van der Waals surface area (Å²) in [6.07, 6.45) is 1.62. The minimum Gasteiger partial charge on any atom is -0.489 e. The van der Waals surface area contributed by atoms with E-state index in [0.717, 1.165) is 0 Å². The van der Waals surface area contributed by atoms with Gasteiger partial charge in [-0.05, 0) is 19.1 Å². The molecule has 1 aliphatic rings. The van der Waals surface area contributed by atoms with Gasteiger partial charge < -0.3 is 15.2 Å². The minimum atomic E-state index is -1.08. The number of anilines is 1. The molecular weight excluding hydrogens is 260 g/mol. The van der Waals surface area contributed by atoms with Gasteiger partial charge in [-0.3, -0.25) is 4.90 Å². The van der Waals surface area contributed by atoms with Crippen molar-refractivity contribution in [3.8, 4) is 5.75 Å². The van der Waals surface area contributed by atoms with E-state index in [0.29, 0.717) is 12.2 Å². The van der Waals surface area contributed by atoms with Gasteiger partial charge in [-0.1, -0.05) is 12.1 Å². The number of carboxylic acids is 1. The third-order valence-corrected chi connectivity index (χ3v) is 3.03. The lowest BCUT2D eigenvalue weighted by atomic mass is 10.1. The van der Waals surface area contributed by atoms with Gasteiger partial charge in [0.1, 0.15) is 12.2 Å². The molecule has 0 aliphatic carbocycles. The third kappa shape index (κ3) is 2.59. The molecule has 0 saturated carbocycles. The number of benzene rings is 1. The number of rotatable bonds is 3. The highest BCUT2D eigenvalue weighted by atomic mass is 16.5. The Kier molecular flexibility index (Phi) is 3.93. The van der Waals surface area contributed by atoms with Crippen LogP contribution in [0.25, 0.3) is 0 Å². The van der Waals surface area contributed by atoms with E-state index < -0.39 is 5.97 Å². The van der Waals surface area contributed by atoms with Crippen molar-refractivity contribution in [2.24, 2.45) is 0 Å². The van der Waals surface area contributed by atoms with Crippen LogP contribution >= 0.6 is 0 Å². The first-order valence-electron chi connectivity index (χ1n) is 6.24. The van der Waals surface area contributed by atoms with Crippen LogP contribution in [0.15, 0.2) is 30.9 Å². The highest BCUT2D eigenvalue weighted by molar-refractivity contribution is 5.99. The third-order valence-electron chi connectivity index (χ3n) is 3.03. The number of nitrogens with zero attached hydrogens (tertiary/aromatic N) is 1. The maximum absolute atomic E-state index is 12.2. The van der Waals surface area contributed by atoms with Crippen LogP contribution in [0.3, 0.4) is 0 Å². The molecule has 20 heavy (non-hydrogen) atoms. The van der Waals surface area contributed by atoms with Gasteiger partial charge >= 0.3 is 12.0 Å². The molecule has 2 N–H and O–H groups in total. The van der Waals surface area contributed by atoms with Gasteiger partial charge in [0.2, 0.25) is 0 Å². The van der Waals surface area contributed by atoms with E-state index in [1.54, 1.807) is 25.1 Å². The Labute approximate surface area is 116 Å². The number of para-hydroxylation sites is 1. The van der Waals surface area contributed by atoms with Crippen molar-refractivity contribution in [2.75, 3.05) is 18.1 Å². The van der Waals surface area contributed by atoms with Crippen molar-refractivity contribution < 1.29 is 19.4 Å². The van der Waals surface area contributed by atoms with Crippen LogP contribution in [-0.2, 0) is 0 Å². The first kappa shape index (κ1) is 13.9. The second-order valence-electron chi connectivity index (χ2n) is 4.43. The monoisotopic (exact) mass is 276 g/mol. The molecule has 1 aromatic carbocycles. The van der Waals surface area contributed by atoms with Gasteiger partial charge in [0.15, 0.2) is 5.75 Å². The summed E-state index contributed by atoms with van der Waals surface area (Å²) in [5, 5.41) is 11.9. The number of urea groups is 1. The average molecular weight is 276 g/mol. The van der Waals surface area contributed by atoms with Crippen LogP contribution in [0.1, 0.15) is 17.3 Å². The lowest BCUT2D eigenvalue weighted by Gasteiger charge is -2.31. The van der Waals surface area contributed by atoms with Crippen molar-refractivity contribution in [1.82, 2.24) is 5.32 Å². The van der Waals surface area contributed by atoms with E-state index in [2.05, 4.69) is 11.9 Å². The summed E-state index contributed by atoms with van der Waals surface area (Å²) in [4.78, 5) is 24.8. The molecule has 106 valence electrons. The number of hydrogen-bond acceptors (Lipinski definition) is 3. The van der Waals surface area contributed by atoms with Gasteiger partial charge in [0.25, 0.3) is 0 Å². The summed E-state index contributed by atoms with van der Waals surface area (Å²) >= 11 is 0. The number of aromatic carboxylic acids is 1. The fourth-order valence-corrected chi connectivity index (χ4v) is 1.96. The van der Waals surface area contributed by atoms with Crippen LogP contribution in [0.5, 0.6) is 5.75 Å². The van der Waals surface area contributed by atoms with Crippen LogP contribution in [-0.4, -0.2) is 36.3 Å². The van der Waals surface area contributed by atoms with Crippen molar-refractivity contribution in [3.63, 3.8) is 0 Å². The van der Waals surface area contributed by atoms with Crippen molar-refractivity contribution in [3.05, 3.63) is 36.4 Å². The number of ether oxygens (including phenoxy) is 1. The number of carbonyl (C=O) groups is 2. The maximum atomic E-state index is 12.2. The first-order valence-corrected chi connectivity index (χ1v) is 6.24. The summed E-state index contributed by atoms with van der Waals surface area (Å²) in [6.45, 7) is 6.03. The molecule has 1 heterocycles. The fourth-order valence-electron chi connectivity index (χ4n) is 1.96. The second-order valence-corrected chi connectivity index (χ2v) is 4.43. The summed E-state index contributed by atoms with van der Waals surface area (Å²) in [5.74, 6) is -0.851. The topological polar surface area (TPSA) is 78.9 Å². The largest absolute Gasteiger partial charge is 0.489 e. The van der Waals surface area contributed by atoms with E-state index in [9.17, 15) is 9.59 Å². The quantitative estimate of drug-likeness (QED) is 0.826. The molecule has 6 heteroatoms. The molecule has 0 aromatic heterocycles. The van der Waals surface area contributed by atoms with Gasteiger partial charge in [-0.2, -0.15) is 0 Å². The van der Waals surface area contributed by atoms with E-state index >= 15 is 0 Å². The number of carbonyl (C=O) groups excluding carboxylic acids is 1. The molecule has 1 unspecified atom stereocenters. The zero-order valence-corrected chi connectivity index (χ0v) is 11.1. The predicted molar refractivity (Wildman–Crippen MR) is 74.4 cm³/mol. The summed E-state index contributed by atoms with van der Waals surface area (Å²) < 4.78 is 5.40. The standard InChI is InChI=1S/C14H16N2O4/c1-3-9(2)15-14(19)16-7-8-20-12-10(13(17)18)5-4-6-11(12)16/h3-6,9H,1,7-8H2,2H3,(H,15,19)(H,17,18). The molecule has 6 nitrogen and oxygen atoms in total. The van der Waals surface area contributed by atoms with Crippen molar-refractivity contribution >= 4 is 17.7 Å². The van der Waals surface area contributed by atoms with Crippen LogP contribution in [0.2, 0.25) is 0 Å². The highest BCUT2D eigenvalue weighted by Crippen LogP contribution is 2.34. The number of fused-ring (bicyclic) bond motifs is 1. The molecule has 0 bridgehead atoms. The van der Waals surface area contributed by atoms with Gasteiger partial charge in [-0.25, -0.2) is 9.59 Å². The van der Waals surface area contributed by atoms with E-state index in [1.165, 1.54) is 11.0 Å². The first-order chi connectivity index (χ1) is 9.54. The number of amides is 2. The molecular formula is C14H16N2O4.